The molecule has 6 heteroatoms. The summed E-state index contributed by atoms with van der Waals surface area (Å²) < 4.78 is 5.49. The summed E-state index contributed by atoms with van der Waals surface area (Å²) in [7, 11) is 0. The van der Waals surface area contributed by atoms with Gasteiger partial charge in [0.05, 0.1) is 11.3 Å². The zero-order valence-electron chi connectivity index (χ0n) is 10.8. The lowest BCUT2D eigenvalue weighted by Crippen LogP contribution is -2.08. The largest absolute Gasteiger partial charge is 0.487 e. The topological polar surface area (TPSA) is 70.9 Å². The van der Waals surface area contributed by atoms with Crippen LogP contribution in [0.4, 0.5) is 5.69 Å². The molecule has 2 aromatic rings. The minimum atomic E-state index is -1.01. The number of carbonyl (C=O) groups is 1. The molecular formula is C15H11ClN2O3. The van der Waals surface area contributed by atoms with Crippen LogP contribution >= 0.6 is 11.6 Å². The second-order valence-corrected chi connectivity index (χ2v) is 4.89. The molecule has 1 aliphatic rings. The Morgan fingerprint density at radius 3 is 2.90 bits per heavy atom. The molecule has 0 fully saturated rings. The highest BCUT2D eigenvalue weighted by Crippen LogP contribution is 2.28. The third-order valence-corrected chi connectivity index (χ3v) is 3.32. The van der Waals surface area contributed by atoms with E-state index in [1.165, 1.54) is 6.07 Å². The van der Waals surface area contributed by atoms with Crippen molar-refractivity contribution in [3.8, 4) is 5.75 Å². The number of halogens is 1. The van der Waals surface area contributed by atoms with Gasteiger partial charge in [0.25, 0.3) is 0 Å². The molecule has 0 saturated carbocycles. The Kier molecular flexibility index (Phi) is 3.50. The third-order valence-electron chi connectivity index (χ3n) is 3.09. The Balaban J connectivity index is 1.89. The number of nitrogens with zero attached hydrogens (tertiary/aromatic N) is 1. The van der Waals surface area contributed by atoms with Gasteiger partial charge in [-0.3, -0.25) is 5.43 Å². The van der Waals surface area contributed by atoms with E-state index in [-0.39, 0.29) is 5.56 Å². The van der Waals surface area contributed by atoms with Crippen LogP contribution in [0.2, 0.25) is 5.02 Å². The molecule has 1 heterocycles. The molecule has 0 saturated heterocycles. The molecule has 21 heavy (non-hydrogen) atoms. The number of fused-ring (bicyclic) bond motifs is 1. The van der Waals surface area contributed by atoms with Crippen molar-refractivity contribution in [3.63, 3.8) is 0 Å². The zero-order valence-corrected chi connectivity index (χ0v) is 11.6. The number of hydrogen-bond donors (Lipinski definition) is 2. The summed E-state index contributed by atoms with van der Waals surface area (Å²) in [6.45, 7) is 0.317. The number of rotatable bonds is 3. The van der Waals surface area contributed by atoms with Gasteiger partial charge in [-0.1, -0.05) is 23.7 Å². The van der Waals surface area contributed by atoms with Crippen LogP contribution in [0.1, 0.15) is 15.9 Å². The number of carboxylic acids is 1. The molecule has 0 radical (unpaired) electrons. The van der Waals surface area contributed by atoms with Crippen LogP contribution in [-0.4, -0.2) is 23.4 Å². The van der Waals surface area contributed by atoms with E-state index in [0.717, 1.165) is 5.56 Å². The predicted molar refractivity (Wildman–Crippen MR) is 80.5 cm³/mol. The molecule has 106 valence electrons. The smallest absolute Gasteiger partial charge is 0.337 e. The summed E-state index contributed by atoms with van der Waals surface area (Å²) in [6.07, 6.45) is 0. The van der Waals surface area contributed by atoms with E-state index in [4.69, 9.17) is 21.4 Å². The number of anilines is 1. The fourth-order valence-corrected chi connectivity index (χ4v) is 2.24. The number of para-hydroxylation sites is 1. The number of benzene rings is 2. The van der Waals surface area contributed by atoms with Crippen molar-refractivity contribution in [1.82, 2.24) is 0 Å². The van der Waals surface area contributed by atoms with Gasteiger partial charge < -0.3 is 9.84 Å². The van der Waals surface area contributed by atoms with Gasteiger partial charge in [-0.25, -0.2) is 4.79 Å². The molecule has 0 amide bonds. The van der Waals surface area contributed by atoms with Crippen LogP contribution in [0.25, 0.3) is 0 Å². The summed E-state index contributed by atoms with van der Waals surface area (Å²) >= 11 is 5.96. The van der Waals surface area contributed by atoms with Crippen molar-refractivity contribution < 1.29 is 14.6 Å². The maximum Gasteiger partial charge on any atom is 0.337 e. The predicted octanol–water partition coefficient (Wildman–Crippen LogP) is 3.25. The molecule has 0 bridgehead atoms. The first-order valence-corrected chi connectivity index (χ1v) is 6.60. The molecule has 0 atom stereocenters. The summed E-state index contributed by atoms with van der Waals surface area (Å²) in [6, 6.07) is 11.9. The molecule has 0 aromatic heterocycles. The standard InChI is InChI=1S/C15H11ClN2O3/c16-9-5-6-14-11(7-9)13(8-21-14)18-17-12-4-2-1-3-10(12)15(19)20/h1-7,17H,8H2,(H,19,20)/b18-13+. The Morgan fingerprint density at radius 2 is 2.10 bits per heavy atom. The summed E-state index contributed by atoms with van der Waals surface area (Å²) in [5.74, 6) is -0.295. The van der Waals surface area contributed by atoms with Crippen molar-refractivity contribution in [2.45, 2.75) is 0 Å². The molecule has 2 N–H and O–H groups in total. The van der Waals surface area contributed by atoms with Crippen LogP contribution in [0.15, 0.2) is 47.6 Å². The van der Waals surface area contributed by atoms with E-state index in [1.54, 1.807) is 36.4 Å². The van der Waals surface area contributed by atoms with Crippen LogP contribution < -0.4 is 10.2 Å². The minimum absolute atomic E-state index is 0.159. The average molecular weight is 303 g/mol. The number of ether oxygens (including phenoxy) is 1. The highest BCUT2D eigenvalue weighted by atomic mass is 35.5. The van der Waals surface area contributed by atoms with E-state index in [2.05, 4.69) is 10.5 Å². The van der Waals surface area contributed by atoms with Crippen LogP contribution in [0.3, 0.4) is 0 Å². The van der Waals surface area contributed by atoms with Crippen molar-refractivity contribution in [1.29, 1.82) is 0 Å². The fourth-order valence-electron chi connectivity index (χ4n) is 2.06. The number of nitrogens with one attached hydrogen (secondary N) is 1. The zero-order chi connectivity index (χ0) is 14.8. The van der Waals surface area contributed by atoms with Gasteiger partial charge in [-0.15, -0.1) is 0 Å². The van der Waals surface area contributed by atoms with Gasteiger partial charge in [0.1, 0.15) is 18.1 Å². The molecule has 0 spiro atoms. The molecule has 1 aliphatic heterocycles. The average Bonchev–Trinajstić information content (AvgIpc) is 2.87. The van der Waals surface area contributed by atoms with Gasteiger partial charge in [0.2, 0.25) is 0 Å². The Hall–Kier alpha value is -2.53. The Morgan fingerprint density at radius 1 is 1.29 bits per heavy atom. The van der Waals surface area contributed by atoms with E-state index in [0.29, 0.717) is 28.8 Å². The van der Waals surface area contributed by atoms with Gasteiger partial charge in [-0.05, 0) is 30.3 Å². The Labute approximate surface area is 125 Å². The van der Waals surface area contributed by atoms with E-state index < -0.39 is 5.97 Å². The van der Waals surface area contributed by atoms with Crippen molar-refractivity contribution in [2.24, 2.45) is 5.10 Å². The van der Waals surface area contributed by atoms with Crippen molar-refractivity contribution >= 4 is 29.0 Å². The monoisotopic (exact) mass is 302 g/mol. The second kappa shape index (κ2) is 5.46. The highest BCUT2D eigenvalue weighted by Gasteiger charge is 2.20. The van der Waals surface area contributed by atoms with E-state index in [9.17, 15) is 4.79 Å². The molecule has 3 rings (SSSR count). The lowest BCUT2D eigenvalue weighted by Gasteiger charge is -2.05. The van der Waals surface area contributed by atoms with Gasteiger partial charge in [-0.2, -0.15) is 5.10 Å². The van der Waals surface area contributed by atoms with Gasteiger partial charge >= 0.3 is 5.97 Å². The molecule has 5 nitrogen and oxygen atoms in total. The second-order valence-electron chi connectivity index (χ2n) is 4.45. The number of aromatic carboxylic acids is 1. The fraction of sp³-hybridized carbons (Fsp3) is 0.0667. The van der Waals surface area contributed by atoms with E-state index in [1.807, 2.05) is 0 Å². The normalized spacial score (nSPS) is 14.6. The molecule has 2 aromatic carbocycles. The van der Waals surface area contributed by atoms with Crippen molar-refractivity contribution in [2.75, 3.05) is 12.0 Å². The molecular weight excluding hydrogens is 292 g/mol. The molecule has 0 aliphatic carbocycles. The lowest BCUT2D eigenvalue weighted by molar-refractivity contribution is 0.0698. The first-order valence-electron chi connectivity index (χ1n) is 6.23. The van der Waals surface area contributed by atoms with E-state index >= 15 is 0 Å². The summed E-state index contributed by atoms with van der Waals surface area (Å²) in [4.78, 5) is 11.1. The summed E-state index contributed by atoms with van der Waals surface area (Å²) in [5, 5.41) is 14.0. The minimum Gasteiger partial charge on any atom is -0.487 e. The number of hydrogen-bond acceptors (Lipinski definition) is 4. The van der Waals surface area contributed by atoms with Crippen LogP contribution in [0.5, 0.6) is 5.75 Å². The SMILES string of the molecule is O=C(O)c1ccccc1N/N=C1\COc2ccc(Cl)cc21. The number of hydrazone groups is 1. The van der Waals surface area contributed by atoms with Crippen LogP contribution in [-0.2, 0) is 0 Å². The van der Waals surface area contributed by atoms with Crippen molar-refractivity contribution in [3.05, 3.63) is 58.6 Å². The maximum absolute atomic E-state index is 11.1. The van der Waals surface area contributed by atoms with Crippen LogP contribution in [0, 0.1) is 0 Å². The summed E-state index contributed by atoms with van der Waals surface area (Å²) in [5.41, 5.74) is 4.85. The number of carboxylic acid groups (broad SMARTS) is 1. The third kappa shape index (κ3) is 2.68. The molecule has 0 unspecified atom stereocenters. The first-order chi connectivity index (χ1) is 10.1. The highest BCUT2D eigenvalue weighted by molar-refractivity contribution is 6.31. The quantitative estimate of drug-likeness (QED) is 0.854. The maximum atomic E-state index is 11.1. The van der Waals surface area contributed by atoms with Gasteiger partial charge in [0, 0.05) is 10.6 Å². The Bertz CT molecular complexity index is 743. The lowest BCUT2D eigenvalue weighted by atomic mass is 10.1. The first kappa shape index (κ1) is 13.5. The van der Waals surface area contributed by atoms with Gasteiger partial charge in [0.15, 0.2) is 0 Å².